The van der Waals surface area contributed by atoms with E-state index in [0.717, 1.165) is 21.6 Å². The second kappa shape index (κ2) is 5.95. The maximum absolute atomic E-state index is 11.3. The first-order chi connectivity index (χ1) is 9.88. The van der Waals surface area contributed by atoms with E-state index in [2.05, 4.69) is 10.3 Å². The number of nitrogens with zero attached hydrogens (tertiary/aromatic N) is 2. The summed E-state index contributed by atoms with van der Waals surface area (Å²) in [6.45, 7) is 5.85. The van der Waals surface area contributed by atoms with Crippen molar-refractivity contribution in [3.63, 3.8) is 0 Å². The summed E-state index contributed by atoms with van der Waals surface area (Å²) in [5.74, 6) is 0. The molecule has 0 bridgehead atoms. The van der Waals surface area contributed by atoms with Gasteiger partial charge in [0.25, 0.3) is 5.69 Å². The molecule has 2 N–H and O–H groups in total. The molecule has 1 aromatic carbocycles. The Bertz CT molecular complexity index is 671. The van der Waals surface area contributed by atoms with Crippen molar-refractivity contribution in [3.8, 4) is 0 Å². The summed E-state index contributed by atoms with van der Waals surface area (Å²) in [6.07, 6.45) is 1.27. The summed E-state index contributed by atoms with van der Waals surface area (Å²) in [5, 5.41) is 24.6. The Kier molecular flexibility index (Phi) is 4.43. The number of aryl methyl sites for hydroxylation is 1. The maximum atomic E-state index is 11.3. The lowest BCUT2D eigenvalue weighted by Crippen LogP contribution is -2.35. The van der Waals surface area contributed by atoms with Crippen LogP contribution in [0.15, 0.2) is 12.1 Å². The molecule has 6 nitrogen and oxygen atoms in total. The molecule has 0 fully saturated rings. The number of hydrogen-bond acceptors (Lipinski definition) is 6. The van der Waals surface area contributed by atoms with Gasteiger partial charge < -0.3 is 10.4 Å². The number of aliphatic hydroxyl groups is 1. The third kappa shape index (κ3) is 3.30. The average Bonchev–Trinajstić information content (AvgIpc) is 2.77. The van der Waals surface area contributed by atoms with Crippen LogP contribution in [-0.2, 0) is 0 Å². The van der Waals surface area contributed by atoms with Gasteiger partial charge in [-0.3, -0.25) is 10.1 Å². The van der Waals surface area contributed by atoms with Crippen LogP contribution in [0.2, 0.25) is 0 Å². The fourth-order valence-corrected chi connectivity index (χ4v) is 3.07. The van der Waals surface area contributed by atoms with Crippen molar-refractivity contribution < 1.29 is 10.0 Å². The van der Waals surface area contributed by atoms with Crippen molar-refractivity contribution in [2.75, 3.05) is 11.9 Å². The summed E-state index contributed by atoms with van der Waals surface area (Å²) >= 11 is 1.44. The molecule has 2 rings (SSSR count). The summed E-state index contributed by atoms with van der Waals surface area (Å²) in [5.41, 5.74) is 0.866. The van der Waals surface area contributed by atoms with Crippen LogP contribution >= 0.6 is 11.3 Å². The number of thiazole rings is 1. The van der Waals surface area contributed by atoms with Crippen LogP contribution in [0.1, 0.15) is 31.7 Å². The largest absolute Gasteiger partial charge is 0.396 e. The number of hydrogen-bond donors (Lipinski definition) is 2. The third-order valence-electron chi connectivity index (χ3n) is 3.69. The van der Waals surface area contributed by atoms with Gasteiger partial charge in [-0.15, -0.1) is 11.3 Å². The molecule has 0 aliphatic carbocycles. The Hall–Kier alpha value is -1.73. The van der Waals surface area contributed by atoms with Gasteiger partial charge >= 0.3 is 0 Å². The Balaban J connectivity index is 2.49. The zero-order chi connectivity index (χ0) is 15.6. The molecule has 0 saturated carbocycles. The van der Waals surface area contributed by atoms with E-state index in [1.807, 2.05) is 20.8 Å². The predicted octanol–water partition coefficient (Wildman–Crippen LogP) is 3.48. The lowest BCUT2D eigenvalue weighted by Gasteiger charge is -2.30. The highest BCUT2D eigenvalue weighted by Crippen LogP contribution is 2.35. The predicted molar refractivity (Wildman–Crippen MR) is 85.0 cm³/mol. The topological polar surface area (TPSA) is 88.3 Å². The Morgan fingerprint density at radius 1 is 1.52 bits per heavy atom. The normalized spacial score (nSPS) is 14.1. The van der Waals surface area contributed by atoms with Crippen molar-refractivity contribution >= 4 is 32.9 Å². The molecule has 1 heterocycles. The molecular weight excluding hydrogens is 290 g/mol. The molecule has 0 radical (unpaired) electrons. The van der Waals surface area contributed by atoms with Crippen molar-refractivity contribution in [1.29, 1.82) is 0 Å². The molecule has 1 aromatic heterocycles. The lowest BCUT2D eigenvalue weighted by atomic mass is 9.94. The second-order valence-corrected chi connectivity index (χ2v) is 6.57. The summed E-state index contributed by atoms with van der Waals surface area (Å²) in [6, 6.07) is 3.29. The van der Waals surface area contributed by atoms with Gasteiger partial charge in [0, 0.05) is 18.2 Å². The summed E-state index contributed by atoms with van der Waals surface area (Å²) in [7, 11) is 0. The Labute approximate surface area is 127 Å². The van der Waals surface area contributed by atoms with E-state index in [9.17, 15) is 15.2 Å². The second-order valence-electron chi connectivity index (χ2n) is 5.34. The molecule has 0 aliphatic heterocycles. The van der Waals surface area contributed by atoms with E-state index in [1.165, 1.54) is 11.3 Å². The van der Waals surface area contributed by atoms with Gasteiger partial charge in [-0.1, -0.05) is 6.92 Å². The number of rotatable bonds is 6. The van der Waals surface area contributed by atoms with Crippen molar-refractivity contribution in [2.45, 2.75) is 39.2 Å². The highest BCUT2D eigenvalue weighted by molar-refractivity contribution is 7.18. The van der Waals surface area contributed by atoms with Gasteiger partial charge in [0.1, 0.15) is 5.69 Å². The zero-order valence-electron chi connectivity index (χ0n) is 12.3. The molecule has 0 amide bonds. The first kappa shape index (κ1) is 15.7. The maximum Gasteiger partial charge on any atom is 0.293 e. The molecule has 1 unspecified atom stereocenters. The number of aromatic nitrogens is 1. The van der Waals surface area contributed by atoms with Crippen LogP contribution < -0.4 is 5.32 Å². The van der Waals surface area contributed by atoms with Crippen LogP contribution in [-0.4, -0.2) is 27.2 Å². The van der Waals surface area contributed by atoms with Crippen molar-refractivity contribution in [1.82, 2.24) is 4.98 Å². The number of anilines is 1. The van der Waals surface area contributed by atoms with Gasteiger partial charge in [0.15, 0.2) is 0 Å². The fourth-order valence-electron chi connectivity index (χ4n) is 2.23. The average molecular weight is 309 g/mol. The molecule has 0 aliphatic rings. The van der Waals surface area contributed by atoms with Gasteiger partial charge in [-0.25, -0.2) is 4.98 Å². The molecule has 1 atom stereocenters. The Morgan fingerprint density at radius 3 is 2.81 bits per heavy atom. The molecule has 0 saturated heterocycles. The zero-order valence-corrected chi connectivity index (χ0v) is 13.2. The van der Waals surface area contributed by atoms with E-state index < -0.39 is 5.54 Å². The number of nitrogens with one attached hydrogen (secondary N) is 1. The monoisotopic (exact) mass is 309 g/mol. The van der Waals surface area contributed by atoms with Crippen LogP contribution in [0.25, 0.3) is 10.2 Å². The molecule has 0 spiro atoms. The number of aliphatic hydroxyl groups excluding tert-OH is 1. The van der Waals surface area contributed by atoms with Gasteiger partial charge in [0.05, 0.1) is 20.1 Å². The number of benzene rings is 1. The standard InChI is InChI=1S/C14H19N3O3S/c1-4-14(3,5-6-18)16-10-7-11-13(21-9(2)15-11)8-12(10)17(19)20/h7-8,16,18H,4-6H2,1-3H3. The fraction of sp³-hybridized carbons (Fsp3) is 0.500. The first-order valence-electron chi connectivity index (χ1n) is 6.83. The minimum absolute atomic E-state index is 0.0309. The highest BCUT2D eigenvalue weighted by atomic mass is 32.1. The minimum atomic E-state index is -0.391. The first-order valence-corrected chi connectivity index (χ1v) is 7.65. The van der Waals surface area contributed by atoms with Crippen molar-refractivity contribution in [2.24, 2.45) is 0 Å². The van der Waals surface area contributed by atoms with E-state index in [0.29, 0.717) is 12.1 Å². The molecule has 7 heteroatoms. The van der Waals surface area contributed by atoms with Gasteiger partial charge in [-0.2, -0.15) is 0 Å². The molecular formula is C14H19N3O3S. The smallest absolute Gasteiger partial charge is 0.293 e. The van der Waals surface area contributed by atoms with Crippen LogP contribution in [0, 0.1) is 17.0 Å². The number of nitro benzene ring substituents is 1. The van der Waals surface area contributed by atoms with Crippen LogP contribution in [0.5, 0.6) is 0 Å². The third-order valence-corrected chi connectivity index (χ3v) is 4.62. The SMILES string of the molecule is CCC(C)(CCO)Nc1cc2nc(C)sc2cc1[N+](=O)[O-]. The van der Waals surface area contributed by atoms with Crippen molar-refractivity contribution in [3.05, 3.63) is 27.3 Å². The van der Waals surface area contributed by atoms with Crippen LogP contribution in [0.3, 0.4) is 0 Å². The van der Waals surface area contributed by atoms with E-state index in [1.54, 1.807) is 12.1 Å². The molecule has 21 heavy (non-hydrogen) atoms. The minimum Gasteiger partial charge on any atom is -0.396 e. The Morgan fingerprint density at radius 2 is 2.24 bits per heavy atom. The quantitative estimate of drug-likeness (QED) is 0.630. The highest BCUT2D eigenvalue weighted by Gasteiger charge is 2.26. The van der Waals surface area contributed by atoms with Gasteiger partial charge in [-0.05, 0) is 32.8 Å². The molecule has 114 valence electrons. The van der Waals surface area contributed by atoms with Gasteiger partial charge in [0.2, 0.25) is 0 Å². The number of fused-ring (bicyclic) bond motifs is 1. The van der Waals surface area contributed by atoms with Crippen LogP contribution in [0.4, 0.5) is 11.4 Å². The molecule has 2 aromatic rings. The van der Waals surface area contributed by atoms with E-state index >= 15 is 0 Å². The van der Waals surface area contributed by atoms with E-state index in [-0.39, 0.29) is 17.2 Å². The van der Waals surface area contributed by atoms with E-state index in [4.69, 9.17) is 0 Å². The summed E-state index contributed by atoms with van der Waals surface area (Å²) < 4.78 is 0.810. The number of nitro groups is 1. The summed E-state index contributed by atoms with van der Waals surface area (Å²) in [4.78, 5) is 15.3. The lowest BCUT2D eigenvalue weighted by molar-refractivity contribution is -0.383.